The van der Waals surface area contributed by atoms with Crippen LogP contribution in [0.3, 0.4) is 0 Å². The first-order valence-electron chi connectivity index (χ1n) is 24.9. The lowest BCUT2D eigenvalue weighted by Crippen LogP contribution is -2.58. The van der Waals surface area contributed by atoms with Crippen molar-refractivity contribution in [1.82, 2.24) is 30.7 Å². The highest BCUT2D eigenvalue weighted by atomic mass is 35.5. The molecule has 8 N–H and O–H groups in total. The topological polar surface area (TPSA) is 249 Å². The summed E-state index contributed by atoms with van der Waals surface area (Å²) in [5, 5.41) is 24.4. The average Bonchev–Trinajstić information content (AvgIpc) is 4.06. The van der Waals surface area contributed by atoms with E-state index in [2.05, 4.69) is 31.2 Å². The smallest absolute Gasteiger partial charge is 0.312 e. The maximum atomic E-state index is 14.0. The molecule has 1 aliphatic carbocycles. The number of benzene rings is 4. The number of nitrogens with one attached hydrogen (secondary N) is 5. The van der Waals surface area contributed by atoms with E-state index < -0.39 is 35.2 Å². The summed E-state index contributed by atoms with van der Waals surface area (Å²) in [6, 6.07) is 22.5. The minimum absolute atomic E-state index is 0.0756. The third kappa shape index (κ3) is 12.1. The monoisotopic (exact) mass is 1020 g/mol. The number of alkyl halides is 1. The molecular weight excluding hydrogens is 954 g/mol. The predicted molar refractivity (Wildman–Crippen MR) is 279 cm³/mol. The van der Waals surface area contributed by atoms with Crippen LogP contribution in [0.15, 0.2) is 91.0 Å². The van der Waals surface area contributed by atoms with Crippen molar-refractivity contribution >= 4 is 86.1 Å². The zero-order chi connectivity index (χ0) is 51.6. The Hall–Kier alpha value is -7.44. The number of unbranched alkanes of at least 4 members (excludes halogenated alkanes) is 2. The lowest BCUT2D eigenvalue weighted by molar-refractivity contribution is -0.151. The van der Waals surface area contributed by atoms with Crippen molar-refractivity contribution in [1.29, 1.82) is 0 Å². The number of carbonyl (C=O) groups excluding carboxylic acids is 7. The molecule has 3 aliphatic rings. The van der Waals surface area contributed by atoms with Gasteiger partial charge in [0, 0.05) is 91.3 Å². The highest BCUT2D eigenvalue weighted by Gasteiger charge is 2.51. The summed E-state index contributed by atoms with van der Waals surface area (Å²) < 4.78 is 6.14. The van der Waals surface area contributed by atoms with Crippen LogP contribution >= 0.6 is 11.6 Å². The van der Waals surface area contributed by atoms with Crippen LogP contribution in [0.1, 0.15) is 78.9 Å². The Balaban J connectivity index is 0.785. The molecule has 0 unspecified atom stereocenters. The third-order valence-electron chi connectivity index (χ3n) is 14.1. The SMILES string of the molecule is CN(CCOc1ccc2[nH]c(C(=O)N3C[C@@H](CCl)c4c3cc(O)c3ccccc43)cc2c1)CCc1ccc(NC(=O)[C@H](CCCNC(N)=O)NC(=O)C2(C(=O)NCCCCCN3C(=O)C=CC3=O)CCC2)cc1. The van der Waals surface area contributed by atoms with Gasteiger partial charge in [-0.15, -0.1) is 11.6 Å². The number of carbonyl (C=O) groups is 7. The van der Waals surface area contributed by atoms with Crippen molar-refractivity contribution < 1.29 is 43.4 Å². The van der Waals surface area contributed by atoms with Gasteiger partial charge >= 0.3 is 6.03 Å². The summed E-state index contributed by atoms with van der Waals surface area (Å²) in [5.41, 5.74) is 8.34. The van der Waals surface area contributed by atoms with E-state index in [0.717, 1.165) is 45.8 Å². The van der Waals surface area contributed by atoms with Gasteiger partial charge in [0.05, 0.1) is 5.69 Å². The van der Waals surface area contributed by atoms with Gasteiger partial charge in [-0.1, -0.05) is 42.8 Å². The fourth-order valence-electron chi connectivity index (χ4n) is 9.71. The van der Waals surface area contributed by atoms with Gasteiger partial charge in [-0.25, -0.2) is 4.79 Å². The van der Waals surface area contributed by atoms with Crippen LogP contribution in [0.2, 0.25) is 0 Å². The Morgan fingerprint density at radius 1 is 0.890 bits per heavy atom. The van der Waals surface area contributed by atoms with E-state index in [0.29, 0.717) is 106 Å². The van der Waals surface area contributed by atoms with Crippen LogP contribution in [0.25, 0.3) is 21.7 Å². The number of rotatable bonds is 24. The predicted octanol–water partition coefficient (Wildman–Crippen LogP) is 5.82. The molecule has 2 aliphatic heterocycles. The summed E-state index contributed by atoms with van der Waals surface area (Å²) in [4.78, 5) is 98.0. The molecule has 8 amide bonds. The van der Waals surface area contributed by atoms with Crippen LogP contribution in [0, 0.1) is 5.41 Å². The number of primary amides is 1. The molecule has 3 heterocycles. The number of anilines is 2. The largest absolute Gasteiger partial charge is 0.507 e. The minimum Gasteiger partial charge on any atom is -0.507 e. The number of nitrogens with zero attached hydrogens (tertiary/aromatic N) is 3. The summed E-state index contributed by atoms with van der Waals surface area (Å²) in [6.45, 7) is 3.03. The van der Waals surface area contributed by atoms with Gasteiger partial charge in [0.1, 0.15) is 35.3 Å². The molecule has 73 heavy (non-hydrogen) atoms. The van der Waals surface area contributed by atoms with E-state index in [4.69, 9.17) is 22.1 Å². The molecule has 18 nitrogen and oxygen atoms in total. The zero-order valence-electron chi connectivity index (χ0n) is 40.8. The van der Waals surface area contributed by atoms with Crippen molar-refractivity contribution in [3.8, 4) is 11.5 Å². The number of urea groups is 1. The van der Waals surface area contributed by atoms with Crippen molar-refractivity contribution in [2.24, 2.45) is 11.1 Å². The summed E-state index contributed by atoms with van der Waals surface area (Å²) in [6.07, 6.45) is 6.95. The highest BCUT2D eigenvalue weighted by molar-refractivity contribution is 6.19. The quantitative estimate of drug-likeness (QED) is 0.0169. The summed E-state index contributed by atoms with van der Waals surface area (Å²) >= 11 is 6.41. The van der Waals surface area contributed by atoms with Gasteiger partial charge < -0.3 is 51.6 Å². The van der Waals surface area contributed by atoms with Gasteiger partial charge in [-0.05, 0) is 111 Å². The highest BCUT2D eigenvalue weighted by Crippen LogP contribution is 2.46. The van der Waals surface area contributed by atoms with Gasteiger partial charge in [-0.3, -0.25) is 33.7 Å². The maximum absolute atomic E-state index is 14.0. The molecule has 2 atom stereocenters. The fourth-order valence-corrected chi connectivity index (χ4v) is 9.96. The molecule has 5 aromatic rings. The van der Waals surface area contributed by atoms with Gasteiger partial charge in [-0.2, -0.15) is 0 Å². The lowest BCUT2D eigenvalue weighted by Gasteiger charge is -2.39. The Kier molecular flexibility index (Phi) is 16.6. The molecule has 0 radical (unpaired) electrons. The minimum atomic E-state index is -1.31. The standard InChI is InChI=1S/C54H62ClN9O9/c1-62(27-28-73-38-16-17-41-35(29-38)30-43(60-41)50(69)64-33-36(32-55)48-40-10-4-3-9-39(40)45(65)31-44(48)64)26-20-34-12-14-37(15-13-34)59-49(68)42(11-7-24-58-53(56)72)61-52(71)54(21-8-22-54)51(70)57-23-5-2-6-25-63-46(66)18-19-47(63)67/h3-4,9-10,12-19,29-31,36,42,60,65H,2,5-8,11,20-28,32-33H2,1H3,(H,57,70)(H,59,68)(H,61,71)(H3,56,58,72)/t36-,42+/m1/s1. The molecular formula is C54H62ClN9O9. The molecule has 8 rings (SSSR count). The number of ether oxygens (including phenoxy) is 1. The van der Waals surface area contributed by atoms with E-state index in [1.807, 2.05) is 67.7 Å². The number of phenolic OH excluding ortho intramolecular Hbond substituents is 1. The zero-order valence-corrected chi connectivity index (χ0v) is 41.6. The van der Waals surface area contributed by atoms with Crippen molar-refractivity contribution in [3.63, 3.8) is 0 Å². The van der Waals surface area contributed by atoms with E-state index in [1.165, 1.54) is 17.1 Å². The molecule has 4 aromatic carbocycles. The Morgan fingerprint density at radius 2 is 1.63 bits per heavy atom. The molecule has 0 bridgehead atoms. The molecule has 384 valence electrons. The summed E-state index contributed by atoms with van der Waals surface area (Å²) in [5.74, 6) is -1.22. The number of aromatic amines is 1. The number of aromatic nitrogens is 1. The lowest BCUT2D eigenvalue weighted by atomic mass is 9.67. The van der Waals surface area contributed by atoms with Crippen LogP contribution in [0.5, 0.6) is 11.5 Å². The maximum Gasteiger partial charge on any atom is 0.312 e. The van der Waals surface area contributed by atoms with E-state index in [-0.39, 0.29) is 42.4 Å². The second kappa shape index (κ2) is 23.4. The molecule has 1 fully saturated rings. The number of nitrogens with two attached hydrogens (primary N) is 1. The van der Waals surface area contributed by atoms with E-state index in [1.54, 1.807) is 23.1 Å². The molecule has 1 saturated carbocycles. The third-order valence-corrected chi connectivity index (χ3v) is 14.4. The van der Waals surface area contributed by atoms with Crippen molar-refractivity contribution in [3.05, 3.63) is 108 Å². The van der Waals surface area contributed by atoms with Crippen molar-refractivity contribution in [2.75, 3.05) is 69.0 Å². The fraction of sp³-hybridized carbons (Fsp3) is 0.389. The number of amides is 8. The van der Waals surface area contributed by atoms with Crippen LogP contribution in [0.4, 0.5) is 16.2 Å². The van der Waals surface area contributed by atoms with Crippen LogP contribution in [-0.4, -0.2) is 126 Å². The van der Waals surface area contributed by atoms with Crippen LogP contribution in [-0.2, 0) is 30.4 Å². The molecule has 0 spiro atoms. The summed E-state index contributed by atoms with van der Waals surface area (Å²) in [7, 11) is 2.01. The van der Waals surface area contributed by atoms with E-state index in [9.17, 15) is 38.7 Å². The molecule has 1 aromatic heterocycles. The Bertz CT molecular complexity index is 2900. The molecule has 0 saturated heterocycles. The number of aromatic hydroxyl groups is 1. The van der Waals surface area contributed by atoms with Crippen LogP contribution < -0.4 is 36.6 Å². The number of halogens is 1. The van der Waals surface area contributed by atoms with Gasteiger partial charge in [0.25, 0.3) is 17.7 Å². The average molecular weight is 1020 g/mol. The van der Waals surface area contributed by atoms with Crippen molar-refractivity contribution in [2.45, 2.75) is 69.7 Å². The van der Waals surface area contributed by atoms with E-state index >= 15 is 0 Å². The van der Waals surface area contributed by atoms with Gasteiger partial charge in [0.15, 0.2) is 0 Å². The first-order valence-corrected chi connectivity index (χ1v) is 25.4. The molecule has 19 heteroatoms. The number of H-pyrrole nitrogens is 1. The second-order valence-corrected chi connectivity index (χ2v) is 19.3. The number of imide groups is 1. The number of fused-ring (bicyclic) bond motifs is 4. The van der Waals surface area contributed by atoms with Gasteiger partial charge in [0.2, 0.25) is 17.7 Å². The number of hydrogen-bond acceptors (Lipinski definition) is 10. The number of phenols is 1. The normalized spacial score (nSPS) is 16.1. The first kappa shape index (κ1) is 51.9. The second-order valence-electron chi connectivity index (χ2n) is 19.0. The number of likely N-dealkylation sites (N-methyl/N-ethyl adjacent to an activating group) is 1. The Labute approximate surface area is 428 Å². The Morgan fingerprint density at radius 3 is 2.34 bits per heavy atom. The number of hydrogen-bond donors (Lipinski definition) is 7. The first-order chi connectivity index (χ1) is 35.2.